The van der Waals surface area contributed by atoms with Crippen LogP contribution in [0.1, 0.15) is 37.6 Å². The van der Waals surface area contributed by atoms with Crippen molar-refractivity contribution in [3.63, 3.8) is 0 Å². The molecule has 7 heteroatoms. The molecule has 0 saturated carbocycles. The van der Waals surface area contributed by atoms with Gasteiger partial charge in [0.25, 0.3) is 0 Å². The van der Waals surface area contributed by atoms with Gasteiger partial charge in [0.15, 0.2) is 5.65 Å². The van der Waals surface area contributed by atoms with E-state index in [0.717, 1.165) is 55.5 Å². The molecular weight excluding hydrogens is 330 g/mol. The van der Waals surface area contributed by atoms with E-state index in [4.69, 9.17) is 9.72 Å². The Bertz CT molecular complexity index is 775. The zero-order valence-corrected chi connectivity index (χ0v) is 15.9. The molecule has 4 heterocycles. The first kappa shape index (κ1) is 17.7. The molecule has 0 aliphatic carbocycles. The van der Waals surface area contributed by atoms with E-state index in [1.807, 2.05) is 17.5 Å². The van der Waals surface area contributed by atoms with Gasteiger partial charge in [-0.05, 0) is 19.3 Å². The van der Waals surface area contributed by atoms with Crippen LogP contribution in [0.3, 0.4) is 0 Å². The highest BCUT2D eigenvalue weighted by Gasteiger charge is 2.32. The third-order valence-electron chi connectivity index (χ3n) is 5.49. The first-order valence-corrected chi connectivity index (χ1v) is 9.65. The standard InChI is InChI=1S/C19H29N5O2/c1-13(2)15-10-19(24-18(20-15)9-14(3)21-24)23-6-4-5-22(7-8-23)16-11-26-12-17(16)25/h9-10,13,16-17,25H,4-8,11-12H2,1-3H3/t16-,17-/m0/s1. The van der Waals surface area contributed by atoms with Crippen LogP contribution in [-0.4, -0.2) is 76.1 Å². The zero-order valence-electron chi connectivity index (χ0n) is 15.9. The first-order chi connectivity index (χ1) is 12.5. The molecule has 2 aliphatic rings. The van der Waals surface area contributed by atoms with E-state index in [0.29, 0.717) is 19.1 Å². The largest absolute Gasteiger partial charge is 0.389 e. The Morgan fingerprint density at radius 3 is 2.73 bits per heavy atom. The van der Waals surface area contributed by atoms with Gasteiger partial charge in [0.1, 0.15) is 5.82 Å². The number of rotatable bonds is 3. The Hall–Kier alpha value is -1.70. The molecule has 142 valence electrons. The fraction of sp³-hybridized carbons (Fsp3) is 0.684. The number of aliphatic hydroxyl groups excluding tert-OH is 1. The lowest BCUT2D eigenvalue weighted by atomic mass is 10.1. The van der Waals surface area contributed by atoms with E-state index in [1.165, 1.54) is 0 Å². The average molecular weight is 359 g/mol. The quantitative estimate of drug-likeness (QED) is 0.894. The third-order valence-corrected chi connectivity index (χ3v) is 5.49. The van der Waals surface area contributed by atoms with E-state index < -0.39 is 0 Å². The topological polar surface area (TPSA) is 66.1 Å². The number of fused-ring (bicyclic) bond motifs is 1. The van der Waals surface area contributed by atoms with Gasteiger partial charge in [-0.1, -0.05) is 13.8 Å². The summed E-state index contributed by atoms with van der Waals surface area (Å²) in [6, 6.07) is 4.37. The van der Waals surface area contributed by atoms with Gasteiger partial charge in [-0.15, -0.1) is 0 Å². The molecule has 2 saturated heterocycles. The maximum Gasteiger partial charge on any atom is 0.157 e. The Morgan fingerprint density at radius 1 is 1.15 bits per heavy atom. The predicted octanol–water partition coefficient (Wildman–Crippen LogP) is 1.43. The minimum atomic E-state index is -0.365. The van der Waals surface area contributed by atoms with Crippen LogP contribution in [-0.2, 0) is 4.74 Å². The molecule has 4 rings (SSSR count). The highest BCUT2D eigenvalue weighted by Crippen LogP contribution is 2.24. The molecule has 0 bridgehead atoms. The first-order valence-electron chi connectivity index (χ1n) is 9.65. The number of hydrogen-bond donors (Lipinski definition) is 1. The molecule has 0 spiro atoms. The van der Waals surface area contributed by atoms with Gasteiger partial charge in [-0.2, -0.15) is 9.61 Å². The molecule has 2 fully saturated rings. The molecule has 2 aliphatic heterocycles. The summed E-state index contributed by atoms with van der Waals surface area (Å²) in [5.41, 5.74) is 3.01. The monoisotopic (exact) mass is 359 g/mol. The SMILES string of the molecule is Cc1cc2nc(C(C)C)cc(N3CCCN([C@H]4COC[C@@H]4O)CC3)n2n1. The van der Waals surface area contributed by atoms with Crippen LogP contribution in [0, 0.1) is 6.92 Å². The number of hydrogen-bond acceptors (Lipinski definition) is 6. The lowest BCUT2D eigenvalue weighted by Gasteiger charge is -2.29. The van der Waals surface area contributed by atoms with Crippen molar-refractivity contribution in [1.82, 2.24) is 19.5 Å². The van der Waals surface area contributed by atoms with Crippen molar-refractivity contribution < 1.29 is 9.84 Å². The molecule has 0 radical (unpaired) electrons. The number of aromatic nitrogens is 3. The summed E-state index contributed by atoms with van der Waals surface area (Å²) in [5.74, 6) is 1.50. The van der Waals surface area contributed by atoms with Crippen molar-refractivity contribution in [1.29, 1.82) is 0 Å². The highest BCUT2D eigenvalue weighted by atomic mass is 16.5. The van der Waals surface area contributed by atoms with Crippen molar-refractivity contribution in [2.75, 3.05) is 44.3 Å². The maximum atomic E-state index is 10.2. The van der Waals surface area contributed by atoms with Crippen molar-refractivity contribution in [2.24, 2.45) is 0 Å². The third kappa shape index (κ3) is 3.31. The maximum absolute atomic E-state index is 10.2. The summed E-state index contributed by atoms with van der Waals surface area (Å²) >= 11 is 0. The molecule has 2 atom stereocenters. The highest BCUT2D eigenvalue weighted by molar-refractivity contribution is 5.52. The summed E-state index contributed by atoms with van der Waals surface area (Å²) in [5, 5.41) is 14.8. The molecule has 0 amide bonds. The van der Waals surface area contributed by atoms with Crippen LogP contribution in [0.25, 0.3) is 5.65 Å². The number of anilines is 1. The minimum Gasteiger partial charge on any atom is -0.389 e. The lowest BCUT2D eigenvalue weighted by Crippen LogP contribution is -2.44. The summed E-state index contributed by atoms with van der Waals surface area (Å²) in [6.07, 6.45) is 0.695. The second-order valence-electron chi connectivity index (χ2n) is 7.80. The molecule has 0 aromatic carbocycles. The van der Waals surface area contributed by atoms with E-state index in [-0.39, 0.29) is 12.1 Å². The number of aliphatic hydroxyl groups is 1. The van der Waals surface area contributed by atoms with Gasteiger partial charge in [-0.25, -0.2) is 4.98 Å². The van der Waals surface area contributed by atoms with Crippen LogP contribution in [0.15, 0.2) is 12.1 Å². The fourth-order valence-corrected chi connectivity index (χ4v) is 3.99. The van der Waals surface area contributed by atoms with E-state index in [9.17, 15) is 5.11 Å². The van der Waals surface area contributed by atoms with Crippen molar-refractivity contribution >= 4 is 11.5 Å². The molecule has 26 heavy (non-hydrogen) atoms. The normalized spacial score (nSPS) is 25.3. The zero-order chi connectivity index (χ0) is 18.3. The number of nitrogens with zero attached hydrogens (tertiary/aromatic N) is 5. The van der Waals surface area contributed by atoms with Gasteiger partial charge in [0.05, 0.1) is 31.1 Å². The Labute approximate surface area is 154 Å². The predicted molar refractivity (Wildman–Crippen MR) is 101 cm³/mol. The smallest absolute Gasteiger partial charge is 0.157 e. The second-order valence-corrected chi connectivity index (χ2v) is 7.80. The molecular formula is C19H29N5O2. The van der Waals surface area contributed by atoms with E-state index in [1.54, 1.807) is 0 Å². The summed E-state index contributed by atoms with van der Waals surface area (Å²) in [7, 11) is 0. The summed E-state index contributed by atoms with van der Waals surface area (Å²) in [6.45, 7) is 11.3. The average Bonchev–Trinajstić information content (AvgIpc) is 3.10. The Balaban J connectivity index is 1.61. The van der Waals surface area contributed by atoms with Crippen molar-refractivity contribution in [2.45, 2.75) is 45.3 Å². The molecule has 1 N–H and O–H groups in total. The molecule has 7 nitrogen and oxygen atoms in total. The van der Waals surface area contributed by atoms with Crippen molar-refractivity contribution in [3.05, 3.63) is 23.5 Å². The van der Waals surface area contributed by atoms with Crippen molar-refractivity contribution in [3.8, 4) is 0 Å². The molecule has 2 aromatic heterocycles. The Morgan fingerprint density at radius 2 is 2.00 bits per heavy atom. The van der Waals surface area contributed by atoms with Gasteiger partial charge in [0.2, 0.25) is 0 Å². The minimum absolute atomic E-state index is 0.130. The van der Waals surface area contributed by atoms with Crippen LogP contribution in [0.4, 0.5) is 5.82 Å². The second kappa shape index (κ2) is 7.13. The van der Waals surface area contributed by atoms with Crippen LogP contribution < -0.4 is 4.90 Å². The molecule has 2 aromatic rings. The van der Waals surface area contributed by atoms with E-state index >= 15 is 0 Å². The van der Waals surface area contributed by atoms with Gasteiger partial charge < -0.3 is 14.7 Å². The Kier molecular flexibility index (Phi) is 4.86. The van der Waals surface area contributed by atoms with Gasteiger partial charge in [-0.3, -0.25) is 4.90 Å². The number of aryl methyl sites for hydroxylation is 1. The van der Waals surface area contributed by atoms with Crippen LogP contribution in [0.5, 0.6) is 0 Å². The van der Waals surface area contributed by atoms with Crippen LogP contribution >= 0.6 is 0 Å². The van der Waals surface area contributed by atoms with Gasteiger partial charge >= 0.3 is 0 Å². The summed E-state index contributed by atoms with van der Waals surface area (Å²) in [4.78, 5) is 9.57. The summed E-state index contributed by atoms with van der Waals surface area (Å²) < 4.78 is 7.43. The van der Waals surface area contributed by atoms with E-state index in [2.05, 4.69) is 34.8 Å². The molecule has 0 unspecified atom stereocenters. The fourth-order valence-electron chi connectivity index (χ4n) is 3.99. The van der Waals surface area contributed by atoms with Crippen LogP contribution in [0.2, 0.25) is 0 Å². The number of ether oxygens (including phenoxy) is 1. The lowest BCUT2D eigenvalue weighted by molar-refractivity contribution is 0.0859. The van der Waals surface area contributed by atoms with Gasteiger partial charge in [0, 0.05) is 44.0 Å².